The third-order valence-electron chi connectivity index (χ3n) is 8.10. The Kier molecular flexibility index (Phi) is 7.86. The third kappa shape index (κ3) is 5.99. The Hall–Kier alpha value is -1.63. The number of rotatable bonds is 9. The molecular formula is C30H41F. The van der Waals surface area contributed by atoms with Crippen molar-refractivity contribution in [1.82, 2.24) is 0 Å². The summed E-state index contributed by atoms with van der Waals surface area (Å²) >= 11 is 0. The van der Waals surface area contributed by atoms with E-state index < -0.39 is 0 Å². The summed E-state index contributed by atoms with van der Waals surface area (Å²) in [5, 5.41) is 0. The van der Waals surface area contributed by atoms with Gasteiger partial charge in [-0.25, -0.2) is 4.39 Å². The van der Waals surface area contributed by atoms with Crippen LogP contribution >= 0.6 is 0 Å². The van der Waals surface area contributed by atoms with E-state index in [1.165, 1.54) is 81.8 Å². The van der Waals surface area contributed by atoms with Crippen LogP contribution in [-0.2, 0) is 6.42 Å². The summed E-state index contributed by atoms with van der Waals surface area (Å²) in [5.41, 5.74) is 4.34. The zero-order valence-corrected chi connectivity index (χ0v) is 19.7. The summed E-state index contributed by atoms with van der Waals surface area (Å²) in [6.07, 6.45) is 15.8. The smallest absolute Gasteiger partial charge is 0.131 e. The first-order valence-electron chi connectivity index (χ1n) is 13.0. The van der Waals surface area contributed by atoms with E-state index in [-0.39, 0.29) is 5.82 Å². The van der Waals surface area contributed by atoms with Crippen molar-refractivity contribution >= 4 is 0 Å². The lowest BCUT2D eigenvalue weighted by molar-refractivity contribution is 0.200. The van der Waals surface area contributed by atoms with Crippen molar-refractivity contribution < 1.29 is 4.39 Å². The van der Waals surface area contributed by atoms with Gasteiger partial charge in [-0.2, -0.15) is 0 Å². The SMILES string of the molecule is CCCCCC1CCC(c2ccc(-c3ccc(CCC4CC(C)C4)cc3)c(F)c2)CC1. The van der Waals surface area contributed by atoms with Gasteiger partial charge in [0.2, 0.25) is 0 Å². The van der Waals surface area contributed by atoms with Crippen LogP contribution in [0.25, 0.3) is 11.1 Å². The van der Waals surface area contributed by atoms with Crippen LogP contribution in [0.4, 0.5) is 4.39 Å². The van der Waals surface area contributed by atoms with Crippen LogP contribution < -0.4 is 0 Å². The van der Waals surface area contributed by atoms with E-state index in [0.29, 0.717) is 5.92 Å². The number of aryl methyl sites for hydroxylation is 1. The Morgan fingerprint density at radius 3 is 2.23 bits per heavy atom. The molecule has 1 heteroatoms. The monoisotopic (exact) mass is 420 g/mol. The second-order valence-electron chi connectivity index (χ2n) is 10.6. The van der Waals surface area contributed by atoms with Gasteiger partial charge in [0.25, 0.3) is 0 Å². The Labute approximate surface area is 189 Å². The van der Waals surface area contributed by atoms with Crippen LogP contribution in [0.3, 0.4) is 0 Å². The van der Waals surface area contributed by atoms with Crippen molar-refractivity contribution in [3.63, 3.8) is 0 Å². The molecule has 168 valence electrons. The van der Waals surface area contributed by atoms with E-state index in [4.69, 9.17) is 0 Å². The Morgan fingerprint density at radius 1 is 0.839 bits per heavy atom. The van der Waals surface area contributed by atoms with Gasteiger partial charge in [0.1, 0.15) is 5.82 Å². The highest BCUT2D eigenvalue weighted by Gasteiger charge is 2.25. The van der Waals surface area contributed by atoms with Gasteiger partial charge in [0.05, 0.1) is 0 Å². The van der Waals surface area contributed by atoms with E-state index in [1.807, 2.05) is 12.1 Å². The lowest BCUT2D eigenvalue weighted by Gasteiger charge is -2.32. The predicted octanol–water partition coefficient (Wildman–Crippen LogP) is 9.33. The minimum absolute atomic E-state index is 0.0567. The molecule has 2 aromatic rings. The quantitative estimate of drug-likeness (QED) is 0.354. The molecule has 0 heterocycles. The van der Waals surface area contributed by atoms with E-state index in [2.05, 4.69) is 44.2 Å². The zero-order chi connectivity index (χ0) is 21.6. The second-order valence-corrected chi connectivity index (χ2v) is 10.6. The Balaban J connectivity index is 1.31. The van der Waals surface area contributed by atoms with Gasteiger partial charge in [-0.15, -0.1) is 0 Å². The van der Waals surface area contributed by atoms with Gasteiger partial charge in [-0.1, -0.05) is 75.9 Å². The maximum Gasteiger partial charge on any atom is 0.131 e. The summed E-state index contributed by atoms with van der Waals surface area (Å²) in [6.45, 7) is 4.63. The summed E-state index contributed by atoms with van der Waals surface area (Å²) in [5.74, 6) is 3.24. The molecule has 2 saturated carbocycles. The van der Waals surface area contributed by atoms with Gasteiger partial charge in [0.15, 0.2) is 0 Å². The normalized spacial score (nSPS) is 25.9. The van der Waals surface area contributed by atoms with Crippen LogP contribution in [-0.4, -0.2) is 0 Å². The van der Waals surface area contributed by atoms with Crippen molar-refractivity contribution in [3.05, 3.63) is 59.4 Å². The molecule has 0 atom stereocenters. The van der Waals surface area contributed by atoms with Crippen molar-refractivity contribution in [2.24, 2.45) is 17.8 Å². The fourth-order valence-electron chi connectivity index (χ4n) is 6.01. The molecule has 0 saturated heterocycles. The van der Waals surface area contributed by atoms with Crippen LogP contribution in [0.1, 0.15) is 102 Å². The number of unbranched alkanes of at least 4 members (excludes halogenated alkanes) is 2. The van der Waals surface area contributed by atoms with Gasteiger partial charge in [-0.05, 0) is 97.8 Å². The summed E-state index contributed by atoms with van der Waals surface area (Å²) < 4.78 is 15.0. The average Bonchev–Trinajstić information content (AvgIpc) is 2.77. The van der Waals surface area contributed by atoms with Crippen molar-refractivity contribution in [2.45, 2.75) is 96.8 Å². The molecule has 0 aliphatic heterocycles. The molecule has 2 aliphatic rings. The molecule has 0 bridgehead atoms. The number of benzene rings is 2. The number of hydrogen-bond donors (Lipinski definition) is 0. The highest BCUT2D eigenvalue weighted by Crippen LogP contribution is 2.39. The summed E-state index contributed by atoms with van der Waals surface area (Å²) in [6, 6.07) is 14.6. The molecule has 0 amide bonds. The minimum atomic E-state index is -0.0567. The molecule has 2 aromatic carbocycles. The highest BCUT2D eigenvalue weighted by atomic mass is 19.1. The number of halogens is 1. The largest absolute Gasteiger partial charge is 0.206 e. The standard InChI is InChI=1S/C30H41F/c1-3-4-5-6-23-9-13-26(14-10-23)28-17-18-29(30(31)21-28)27-15-11-24(12-16-27)7-8-25-19-22(2)20-25/h11-12,15-18,21-23,25-26H,3-10,13-14,19-20H2,1-2H3. The van der Waals surface area contributed by atoms with E-state index in [9.17, 15) is 0 Å². The van der Waals surface area contributed by atoms with E-state index in [0.717, 1.165) is 35.3 Å². The number of hydrogen-bond acceptors (Lipinski definition) is 0. The fourth-order valence-corrected chi connectivity index (χ4v) is 6.01. The van der Waals surface area contributed by atoms with Gasteiger partial charge in [0, 0.05) is 5.56 Å². The zero-order valence-electron chi connectivity index (χ0n) is 19.7. The average molecular weight is 421 g/mol. The third-order valence-corrected chi connectivity index (χ3v) is 8.10. The predicted molar refractivity (Wildman–Crippen MR) is 131 cm³/mol. The van der Waals surface area contributed by atoms with Gasteiger partial charge < -0.3 is 0 Å². The first-order valence-corrected chi connectivity index (χ1v) is 13.0. The topological polar surface area (TPSA) is 0 Å². The lowest BCUT2D eigenvalue weighted by atomic mass is 9.73. The van der Waals surface area contributed by atoms with Gasteiger partial charge >= 0.3 is 0 Å². The summed E-state index contributed by atoms with van der Waals surface area (Å²) in [7, 11) is 0. The molecule has 31 heavy (non-hydrogen) atoms. The first-order chi connectivity index (χ1) is 15.1. The van der Waals surface area contributed by atoms with E-state index >= 15 is 4.39 Å². The Morgan fingerprint density at radius 2 is 1.58 bits per heavy atom. The molecular weight excluding hydrogens is 379 g/mol. The van der Waals surface area contributed by atoms with Crippen LogP contribution in [0.15, 0.2) is 42.5 Å². The van der Waals surface area contributed by atoms with Crippen molar-refractivity contribution in [2.75, 3.05) is 0 Å². The molecule has 0 spiro atoms. The van der Waals surface area contributed by atoms with Crippen LogP contribution in [0.5, 0.6) is 0 Å². The molecule has 4 rings (SSSR count). The summed E-state index contributed by atoms with van der Waals surface area (Å²) in [4.78, 5) is 0. The lowest BCUT2D eigenvalue weighted by Crippen LogP contribution is -2.21. The van der Waals surface area contributed by atoms with Gasteiger partial charge in [-0.3, -0.25) is 0 Å². The van der Waals surface area contributed by atoms with Crippen LogP contribution in [0, 0.1) is 23.6 Å². The van der Waals surface area contributed by atoms with Crippen LogP contribution in [0.2, 0.25) is 0 Å². The molecule has 0 aromatic heterocycles. The maximum atomic E-state index is 15.0. The van der Waals surface area contributed by atoms with Crippen molar-refractivity contribution in [3.8, 4) is 11.1 Å². The van der Waals surface area contributed by atoms with Crippen molar-refractivity contribution in [1.29, 1.82) is 0 Å². The molecule has 0 nitrogen and oxygen atoms in total. The molecule has 2 fully saturated rings. The first kappa shape index (κ1) is 22.6. The second kappa shape index (κ2) is 10.8. The maximum absolute atomic E-state index is 15.0. The molecule has 2 aliphatic carbocycles. The molecule has 0 unspecified atom stereocenters. The van der Waals surface area contributed by atoms with E-state index in [1.54, 1.807) is 0 Å². The molecule has 0 radical (unpaired) electrons. The Bertz CT molecular complexity index is 807. The molecule has 0 N–H and O–H groups in total. The minimum Gasteiger partial charge on any atom is -0.206 e. The highest BCUT2D eigenvalue weighted by molar-refractivity contribution is 5.65. The fraction of sp³-hybridized carbons (Fsp3) is 0.600.